The van der Waals surface area contributed by atoms with Crippen molar-refractivity contribution in [1.29, 1.82) is 0 Å². The summed E-state index contributed by atoms with van der Waals surface area (Å²) >= 11 is 6.18. The predicted molar refractivity (Wildman–Crippen MR) is 78.1 cm³/mol. The van der Waals surface area contributed by atoms with Crippen LogP contribution in [0.3, 0.4) is 0 Å². The summed E-state index contributed by atoms with van der Waals surface area (Å²) in [5.41, 5.74) is 3.05. The molecular weight excluding hydrogens is 260 g/mol. The second kappa shape index (κ2) is 5.64. The van der Waals surface area contributed by atoms with Gasteiger partial charge < -0.3 is 9.84 Å². The van der Waals surface area contributed by atoms with Crippen LogP contribution in [0.2, 0.25) is 5.02 Å². The maximum Gasteiger partial charge on any atom is 0.146 e. The summed E-state index contributed by atoms with van der Waals surface area (Å²) in [5.74, 6) is 1.39. The Balaban J connectivity index is 2.31. The van der Waals surface area contributed by atoms with Gasteiger partial charge in [-0.3, -0.25) is 0 Å². The molecule has 0 saturated heterocycles. The lowest BCUT2D eigenvalue weighted by Crippen LogP contribution is -1.94. The quantitative estimate of drug-likeness (QED) is 0.872. The summed E-state index contributed by atoms with van der Waals surface area (Å²) in [7, 11) is 0. The maximum absolute atomic E-state index is 9.51. The molecule has 0 saturated carbocycles. The molecule has 2 aromatic carbocycles. The van der Waals surface area contributed by atoms with Crippen molar-refractivity contribution in [3.05, 3.63) is 58.1 Å². The Hall–Kier alpha value is -1.51. The van der Waals surface area contributed by atoms with Gasteiger partial charge in [0.2, 0.25) is 0 Å². The Morgan fingerprint density at radius 2 is 1.84 bits per heavy atom. The lowest BCUT2D eigenvalue weighted by Gasteiger charge is -2.13. The fourth-order valence-corrected chi connectivity index (χ4v) is 2.04. The minimum absolute atomic E-state index is 0.499. The topological polar surface area (TPSA) is 29.5 Å². The molecule has 0 spiro atoms. The number of ether oxygens (including phenoxy) is 1. The molecule has 0 aliphatic rings. The van der Waals surface area contributed by atoms with Crippen LogP contribution >= 0.6 is 11.6 Å². The Kier molecular flexibility index (Phi) is 4.13. The predicted octanol–water partition coefficient (Wildman–Crippen LogP) is 4.80. The van der Waals surface area contributed by atoms with E-state index >= 15 is 0 Å². The van der Waals surface area contributed by atoms with Gasteiger partial charge in [0.25, 0.3) is 0 Å². The van der Waals surface area contributed by atoms with E-state index in [0.29, 0.717) is 10.8 Å². The molecule has 0 bridgehead atoms. The van der Waals surface area contributed by atoms with Crippen LogP contribution in [-0.2, 0) is 0 Å². The molecule has 0 unspecified atom stereocenters. The molecule has 0 aliphatic carbocycles. The van der Waals surface area contributed by atoms with Gasteiger partial charge in [0.15, 0.2) is 0 Å². The van der Waals surface area contributed by atoms with Gasteiger partial charge in [-0.1, -0.05) is 29.8 Å². The van der Waals surface area contributed by atoms with E-state index in [-0.39, 0.29) is 0 Å². The van der Waals surface area contributed by atoms with E-state index in [4.69, 9.17) is 16.3 Å². The lowest BCUT2D eigenvalue weighted by atomic mass is 10.1. The molecule has 3 heteroatoms. The van der Waals surface area contributed by atoms with Crippen molar-refractivity contribution in [2.45, 2.75) is 26.9 Å². The van der Waals surface area contributed by atoms with Gasteiger partial charge >= 0.3 is 0 Å². The highest BCUT2D eigenvalue weighted by Crippen LogP contribution is 2.33. The Morgan fingerprint density at radius 1 is 1.11 bits per heavy atom. The van der Waals surface area contributed by atoms with E-state index < -0.39 is 6.10 Å². The molecule has 0 fully saturated rings. The summed E-state index contributed by atoms with van der Waals surface area (Å²) in [4.78, 5) is 0. The second-order valence-electron chi connectivity index (χ2n) is 4.67. The molecule has 0 aliphatic heterocycles. The highest BCUT2D eigenvalue weighted by Gasteiger charge is 2.09. The van der Waals surface area contributed by atoms with Gasteiger partial charge in [-0.2, -0.15) is 0 Å². The minimum Gasteiger partial charge on any atom is -0.456 e. The fourth-order valence-electron chi connectivity index (χ4n) is 1.81. The third kappa shape index (κ3) is 3.09. The Bertz CT molecular complexity index is 591. The largest absolute Gasteiger partial charge is 0.456 e. The van der Waals surface area contributed by atoms with Crippen molar-refractivity contribution < 1.29 is 9.84 Å². The number of aryl methyl sites for hydroxylation is 1. The molecule has 2 aromatic rings. The molecule has 100 valence electrons. The first-order valence-corrected chi connectivity index (χ1v) is 6.58. The average Bonchev–Trinajstić information content (AvgIpc) is 2.37. The highest BCUT2D eigenvalue weighted by atomic mass is 35.5. The van der Waals surface area contributed by atoms with E-state index in [1.807, 2.05) is 38.1 Å². The Morgan fingerprint density at radius 3 is 2.47 bits per heavy atom. The number of aliphatic hydroxyl groups is 1. The summed E-state index contributed by atoms with van der Waals surface area (Å²) in [5, 5.41) is 10.0. The van der Waals surface area contributed by atoms with Crippen LogP contribution in [-0.4, -0.2) is 5.11 Å². The Labute approximate surface area is 118 Å². The summed E-state index contributed by atoms with van der Waals surface area (Å²) in [6.45, 7) is 5.76. The van der Waals surface area contributed by atoms with Gasteiger partial charge in [-0.05, 0) is 55.7 Å². The van der Waals surface area contributed by atoms with E-state index in [0.717, 1.165) is 16.9 Å². The zero-order chi connectivity index (χ0) is 14.0. The van der Waals surface area contributed by atoms with Gasteiger partial charge in [-0.25, -0.2) is 0 Å². The van der Waals surface area contributed by atoms with Crippen LogP contribution in [0.5, 0.6) is 11.5 Å². The summed E-state index contributed by atoms with van der Waals surface area (Å²) in [6.07, 6.45) is -0.535. The first-order valence-electron chi connectivity index (χ1n) is 6.20. The van der Waals surface area contributed by atoms with Gasteiger partial charge in [0.1, 0.15) is 11.5 Å². The van der Waals surface area contributed by atoms with Crippen molar-refractivity contribution in [3.8, 4) is 11.5 Å². The zero-order valence-corrected chi connectivity index (χ0v) is 12.0. The second-order valence-corrected chi connectivity index (χ2v) is 5.07. The first-order chi connectivity index (χ1) is 8.99. The monoisotopic (exact) mass is 276 g/mol. The van der Waals surface area contributed by atoms with Crippen molar-refractivity contribution in [2.24, 2.45) is 0 Å². The molecule has 0 radical (unpaired) electrons. The standard InChI is InChI=1S/C16H17ClO2/c1-10-5-4-6-15(11(10)2)19-16-8-7-13(12(3)18)9-14(16)17/h4-9,12,18H,1-3H3/t12-/m0/s1. The average molecular weight is 277 g/mol. The molecule has 2 nitrogen and oxygen atoms in total. The number of rotatable bonds is 3. The normalized spacial score (nSPS) is 12.3. The molecule has 2 rings (SSSR count). The number of hydrogen-bond donors (Lipinski definition) is 1. The number of aliphatic hydroxyl groups excluding tert-OH is 1. The van der Waals surface area contributed by atoms with E-state index in [2.05, 4.69) is 0 Å². The zero-order valence-electron chi connectivity index (χ0n) is 11.3. The minimum atomic E-state index is -0.535. The molecule has 1 atom stereocenters. The highest BCUT2D eigenvalue weighted by molar-refractivity contribution is 6.32. The molecular formula is C16H17ClO2. The van der Waals surface area contributed by atoms with Crippen LogP contribution in [0.25, 0.3) is 0 Å². The molecule has 19 heavy (non-hydrogen) atoms. The summed E-state index contributed by atoms with van der Waals surface area (Å²) in [6, 6.07) is 11.2. The fraction of sp³-hybridized carbons (Fsp3) is 0.250. The lowest BCUT2D eigenvalue weighted by molar-refractivity contribution is 0.199. The number of hydrogen-bond acceptors (Lipinski definition) is 2. The third-order valence-electron chi connectivity index (χ3n) is 3.21. The third-order valence-corrected chi connectivity index (χ3v) is 3.51. The van der Waals surface area contributed by atoms with Crippen molar-refractivity contribution in [1.82, 2.24) is 0 Å². The van der Waals surface area contributed by atoms with E-state index in [9.17, 15) is 5.11 Å². The summed E-state index contributed by atoms with van der Waals surface area (Å²) < 4.78 is 5.84. The maximum atomic E-state index is 9.51. The van der Waals surface area contributed by atoms with E-state index in [1.54, 1.807) is 19.1 Å². The smallest absolute Gasteiger partial charge is 0.146 e. The number of benzene rings is 2. The van der Waals surface area contributed by atoms with Crippen LogP contribution < -0.4 is 4.74 Å². The first kappa shape index (κ1) is 13.9. The van der Waals surface area contributed by atoms with Crippen LogP contribution in [0, 0.1) is 13.8 Å². The van der Waals surface area contributed by atoms with Crippen LogP contribution in [0.4, 0.5) is 0 Å². The molecule has 0 aromatic heterocycles. The van der Waals surface area contributed by atoms with Gasteiger partial charge in [0, 0.05) is 0 Å². The molecule has 1 N–H and O–H groups in total. The molecule has 0 amide bonds. The number of halogens is 1. The van der Waals surface area contributed by atoms with Crippen LogP contribution in [0.1, 0.15) is 29.7 Å². The SMILES string of the molecule is Cc1cccc(Oc2ccc([C@H](C)O)cc2Cl)c1C. The van der Waals surface area contributed by atoms with Crippen molar-refractivity contribution in [3.63, 3.8) is 0 Å². The van der Waals surface area contributed by atoms with E-state index in [1.165, 1.54) is 5.56 Å². The molecule has 0 heterocycles. The van der Waals surface area contributed by atoms with Crippen molar-refractivity contribution in [2.75, 3.05) is 0 Å². The van der Waals surface area contributed by atoms with Crippen molar-refractivity contribution >= 4 is 11.6 Å². The van der Waals surface area contributed by atoms with Gasteiger partial charge in [0.05, 0.1) is 11.1 Å². The van der Waals surface area contributed by atoms with Crippen LogP contribution in [0.15, 0.2) is 36.4 Å². The van der Waals surface area contributed by atoms with Gasteiger partial charge in [-0.15, -0.1) is 0 Å².